The van der Waals surface area contributed by atoms with Gasteiger partial charge in [0, 0.05) is 6.92 Å². The maximum absolute atomic E-state index is 11.7. The largest absolute Gasteiger partial charge is 0.490 e. The van der Waals surface area contributed by atoms with Crippen LogP contribution < -0.4 is 14.8 Å². The van der Waals surface area contributed by atoms with E-state index in [1.54, 1.807) is 18.2 Å². The first-order chi connectivity index (χ1) is 10.4. The second kappa shape index (κ2) is 7.14. The van der Waals surface area contributed by atoms with Gasteiger partial charge in [0.05, 0.1) is 15.1 Å². The van der Waals surface area contributed by atoms with Crippen LogP contribution in [0.3, 0.4) is 0 Å². The minimum absolute atomic E-state index is 0.104. The monoisotopic (exact) mass is 432 g/mol. The zero-order chi connectivity index (χ0) is 16.3. The predicted molar refractivity (Wildman–Crippen MR) is 93.1 cm³/mol. The number of carbonyl (C=O) groups excluding carboxylic acids is 2. The molecule has 1 aliphatic rings. The number of carbonyl (C=O) groups is 2. The van der Waals surface area contributed by atoms with Crippen molar-refractivity contribution in [3.05, 3.63) is 26.2 Å². The molecule has 1 aromatic rings. The molecule has 116 valence electrons. The molecule has 8 heteroatoms. The molecule has 0 aliphatic carbocycles. The summed E-state index contributed by atoms with van der Waals surface area (Å²) in [6, 6.07) is 3.48. The van der Waals surface area contributed by atoms with Gasteiger partial charge in [-0.2, -0.15) is 0 Å². The summed E-state index contributed by atoms with van der Waals surface area (Å²) in [5.41, 5.74) is 0.733. The standard InChI is InChI=1S/C14H13IN2O4S/c1-3-20-10-5-8(4-9(15)12(10)21-7(2)18)6-11-13(19)17-14(16)22-11/h4-6H,3H2,1-2H3,(H2,16,17,19). The quantitative estimate of drug-likeness (QED) is 0.331. The van der Waals surface area contributed by atoms with Crippen LogP contribution >= 0.6 is 34.4 Å². The van der Waals surface area contributed by atoms with Gasteiger partial charge in [0.1, 0.15) is 0 Å². The number of nitrogens with one attached hydrogen (secondary N) is 2. The van der Waals surface area contributed by atoms with E-state index in [4.69, 9.17) is 14.9 Å². The average molecular weight is 432 g/mol. The number of rotatable bonds is 4. The second-order valence-electron chi connectivity index (χ2n) is 4.25. The lowest BCUT2D eigenvalue weighted by Crippen LogP contribution is -2.18. The van der Waals surface area contributed by atoms with Gasteiger partial charge in [0.2, 0.25) is 0 Å². The molecule has 0 unspecified atom stereocenters. The third-order valence-electron chi connectivity index (χ3n) is 2.54. The molecule has 1 aliphatic heterocycles. The van der Waals surface area contributed by atoms with Crippen LogP contribution in [-0.2, 0) is 9.59 Å². The molecule has 1 fully saturated rings. The van der Waals surface area contributed by atoms with E-state index in [0.717, 1.165) is 17.3 Å². The number of ether oxygens (including phenoxy) is 2. The Morgan fingerprint density at radius 1 is 1.50 bits per heavy atom. The van der Waals surface area contributed by atoms with E-state index in [2.05, 4.69) is 5.32 Å². The van der Waals surface area contributed by atoms with Crippen molar-refractivity contribution in [1.82, 2.24) is 5.32 Å². The molecule has 0 atom stereocenters. The first kappa shape index (κ1) is 16.8. The van der Waals surface area contributed by atoms with E-state index in [0.29, 0.717) is 26.6 Å². The number of amides is 1. The number of halogens is 1. The molecule has 6 nitrogen and oxygen atoms in total. The summed E-state index contributed by atoms with van der Waals surface area (Å²) in [5, 5.41) is 9.96. The number of esters is 1. The van der Waals surface area contributed by atoms with Crippen molar-refractivity contribution < 1.29 is 19.1 Å². The van der Waals surface area contributed by atoms with Gasteiger partial charge in [-0.05, 0) is 65.0 Å². The molecule has 2 rings (SSSR count). The highest BCUT2D eigenvalue weighted by Gasteiger charge is 2.23. The first-order valence-corrected chi connectivity index (χ1v) is 8.24. The van der Waals surface area contributed by atoms with Crippen molar-refractivity contribution in [2.45, 2.75) is 13.8 Å². The molecule has 2 N–H and O–H groups in total. The number of hydrogen-bond acceptors (Lipinski definition) is 6. The lowest BCUT2D eigenvalue weighted by atomic mass is 10.2. The van der Waals surface area contributed by atoms with Crippen molar-refractivity contribution >= 4 is 57.5 Å². The minimum Gasteiger partial charge on any atom is -0.490 e. The van der Waals surface area contributed by atoms with Gasteiger partial charge in [0.25, 0.3) is 5.91 Å². The Morgan fingerprint density at radius 2 is 2.23 bits per heavy atom. The summed E-state index contributed by atoms with van der Waals surface area (Å²) in [7, 11) is 0. The molecular formula is C14H13IN2O4S. The molecule has 0 bridgehead atoms. The Morgan fingerprint density at radius 3 is 2.77 bits per heavy atom. The zero-order valence-electron chi connectivity index (χ0n) is 11.9. The summed E-state index contributed by atoms with van der Waals surface area (Å²) >= 11 is 3.11. The van der Waals surface area contributed by atoms with E-state index in [1.165, 1.54) is 6.92 Å². The highest BCUT2D eigenvalue weighted by atomic mass is 127. The summed E-state index contributed by atoms with van der Waals surface area (Å²) in [4.78, 5) is 23.3. The smallest absolute Gasteiger partial charge is 0.308 e. The van der Waals surface area contributed by atoms with E-state index in [1.807, 2.05) is 29.5 Å². The first-order valence-electron chi connectivity index (χ1n) is 6.35. The van der Waals surface area contributed by atoms with Gasteiger partial charge in [-0.15, -0.1) is 0 Å². The molecule has 1 amide bonds. The fourth-order valence-corrected chi connectivity index (χ4v) is 3.21. The van der Waals surface area contributed by atoms with Crippen LogP contribution in [0.25, 0.3) is 6.08 Å². The van der Waals surface area contributed by atoms with Crippen molar-refractivity contribution in [3.63, 3.8) is 0 Å². The number of benzene rings is 1. The van der Waals surface area contributed by atoms with Gasteiger partial charge in [-0.25, -0.2) is 0 Å². The Labute approximate surface area is 145 Å². The third-order valence-corrected chi connectivity index (χ3v) is 4.17. The Hall–Kier alpha value is -1.55. The lowest BCUT2D eigenvalue weighted by Gasteiger charge is -2.12. The molecule has 1 aromatic carbocycles. The van der Waals surface area contributed by atoms with Gasteiger partial charge in [0.15, 0.2) is 16.7 Å². The van der Waals surface area contributed by atoms with Crippen LogP contribution in [0.1, 0.15) is 19.4 Å². The topological polar surface area (TPSA) is 88.5 Å². The summed E-state index contributed by atoms with van der Waals surface area (Å²) in [6.07, 6.45) is 1.67. The van der Waals surface area contributed by atoms with Gasteiger partial charge in [-0.1, -0.05) is 0 Å². The summed E-state index contributed by atoms with van der Waals surface area (Å²) in [5.74, 6) is 0.0829. The van der Waals surface area contributed by atoms with Crippen molar-refractivity contribution in [3.8, 4) is 11.5 Å². The minimum atomic E-state index is -0.427. The highest BCUT2D eigenvalue weighted by molar-refractivity contribution is 14.1. The highest BCUT2D eigenvalue weighted by Crippen LogP contribution is 2.36. The van der Waals surface area contributed by atoms with Crippen molar-refractivity contribution in [2.24, 2.45) is 0 Å². The SMILES string of the molecule is CCOc1cc(C=C2SC(=N)NC2=O)cc(I)c1OC(C)=O. The van der Waals surface area contributed by atoms with Crippen LogP contribution in [0.5, 0.6) is 11.5 Å². The fourth-order valence-electron chi connectivity index (χ4n) is 1.77. The summed E-state index contributed by atoms with van der Waals surface area (Å²) in [6.45, 7) is 3.58. The molecule has 22 heavy (non-hydrogen) atoms. The number of thioether (sulfide) groups is 1. The van der Waals surface area contributed by atoms with Crippen molar-refractivity contribution in [1.29, 1.82) is 5.41 Å². The maximum Gasteiger partial charge on any atom is 0.308 e. The van der Waals surface area contributed by atoms with Crippen molar-refractivity contribution in [2.75, 3.05) is 6.61 Å². The number of hydrogen-bond donors (Lipinski definition) is 2. The Bertz CT molecular complexity index is 688. The number of amidine groups is 1. The maximum atomic E-state index is 11.7. The van der Waals surface area contributed by atoms with Crippen LogP contribution in [0.15, 0.2) is 17.0 Å². The van der Waals surface area contributed by atoms with Gasteiger partial charge >= 0.3 is 5.97 Å². The van der Waals surface area contributed by atoms with E-state index in [-0.39, 0.29) is 11.1 Å². The van der Waals surface area contributed by atoms with E-state index >= 15 is 0 Å². The lowest BCUT2D eigenvalue weighted by molar-refractivity contribution is -0.132. The zero-order valence-corrected chi connectivity index (χ0v) is 14.8. The molecular weight excluding hydrogens is 419 g/mol. The summed E-state index contributed by atoms with van der Waals surface area (Å²) < 4.78 is 11.4. The molecule has 0 aromatic heterocycles. The molecule has 0 radical (unpaired) electrons. The predicted octanol–water partition coefficient (Wildman–Crippen LogP) is 2.75. The molecule has 1 heterocycles. The van der Waals surface area contributed by atoms with Crippen LogP contribution in [0.2, 0.25) is 0 Å². The van der Waals surface area contributed by atoms with E-state index in [9.17, 15) is 9.59 Å². The second-order valence-corrected chi connectivity index (χ2v) is 6.46. The average Bonchev–Trinajstić information content (AvgIpc) is 2.72. The fraction of sp³-hybridized carbons (Fsp3) is 0.214. The van der Waals surface area contributed by atoms with Crippen LogP contribution in [-0.4, -0.2) is 23.7 Å². The Balaban J connectivity index is 2.42. The van der Waals surface area contributed by atoms with Gasteiger partial charge < -0.3 is 14.8 Å². The van der Waals surface area contributed by atoms with Crippen LogP contribution in [0.4, 0.5) is 0 Å². The normalized spacial score (nSPS) is 15.9. The van der Waals surface area contributed by atoms with Gasteiger partial charge in [-0.3, -0.25) is 15.0 Å². The molecule has 0 spiro atoms. The van der Waals surface area contributed by atoms with Crippen LogP contribution in [0, 0.1) is 8.98 Å². The Kier molecular flexibility index (Phi) is 5.46. The molecule has 0 saturated carbocycles. The molecule has 1 saturated heterocycles. The third kappa shape index (κ3) is 4.01. The van der Waals surface area contributed by atoms with E-state index < -0.39 is 5.97 Å².